The molecule has 0 unspecified atom stereocenters. The molecule has 2 heterocycles. The molecule has 20 heavy (non-hydrogen) atoms. The summed E-state index contributed by atoms with van der Waals surface area (Å²) in [6.07, 6.45) is 1.83. The maximum absolute atomic E-state index is 5.78. The Hall–Kier alpha value is -1.87. The molecule has 0 bridgehead atoms. The van der Waals surface area contributed by atoms with Gasteiger partial charge < -0.3 is 4.74 Å². The van der Waals surface area contributed by atoms with E-state index in [1.165, 1.54) is 15.6 Å². The highest BCUT2D eigenvalue weighted by Crippen LogP contribution is 2.35. The van der Waals surface area contributed by atoms with E-state index >= 15 is 0 Å². The summed E-state index contributed by atoms with van der Waals surface area (Å²) < 4.78 is 7.02. The molecule has 2 aromatic heterocycles. The molecule has 0 amide bonds. The van der Waals surface area contributed by atoms with Gasteiger partial charge in [0.2, 0.25) is 0 Å². The lowest BCUT2D eigenvalue weighted by molar-refractivity contribution is 0.271. The third-order valence-electron chi connectivity index (χ3n) is 3.07. The van der Waals surface area contributed by atoms with Crippen molar-refractivity contribution in [3.05, 3.63) is 48.0 Å². The number of hydrogen-bond acceptors (Lipinski definition) is 3. The molecule has 102 valence electrons. The average Bonchev–Trinajstić information content (AvgIpc) is 2.89. The molecular formula is C17H17NOS. The summed E-state index contributed by atoms with van der Waals surface area (Å²) in [6, 6.07) is 12.3. The molecule has 0 radical (unpaired) electrons. The van der Waals surface area contributed by atoms with Gasteiger partial charge in [-0.25, -0.2) is 0 Å². The second kappa shape index (κ2) is 5.63. The zero-order chi connectivity index (χ0) is 13.9. The van der Waals surface area contributed by atoms with Crippen molar-refractivity contribution in [3.63, 3.8) is 0 Å². The number of aromatic nitrogens is 1. The van der Waals surface area contributed by atoms with Crippen molar-refractivity contribution in [2.24, 2.45) is 5.92 Å². The van der Waals surface area contributed by atoms with Crippen LogP contribution in [-0.2, 0) is 0 Å². The number of fused-ring (bicyclic) bond motifs is 1. The van der Waals surface area contributed by atoms with Gasteiger partial charge in [-0.15, -0.1) is 11.3 Å². The fraction of sp³-hybridized carbons (Fsp3) is 0.235. The fourth-order valence-corrected chi connectivity index (χ4v) is 3.06. The first-order valence-electron chi connectivity index (χ1n) is 6.79. The Bertz CT molecular complexity index is 703. The molecule has 1 aromatic carbocycles. The Balaban J connectivity index is 1.94. The van der Waals surface area contributed by atoms with Crippen molar-refractivity contribution >= 4 is 21.4 Å². The second-order valence-corrected chi connectivity index (χ2v) is 6.14. The molecule has 2 nitrogen and oxygen atoms in total. The molecule has 0 saturated heterocycles. The van der Waals surface area contributed by atoms with Crippen molar-refractivity contribution in [2.75, 3.05) is 6.61 Å². The quantitative estimate of drug-likeness (QED) is 0.672. The van der Waals surface area contributed by atoms with E-state index in [2.05, 4.69) is 36.3 Å². The Kier molecular flexibility index (Phi) is 3.70. The van der Waals surface area contributed by atoms with Crippen LogP contribution in [0.3, 0.4) is 0 Å². The van der Waals surface area contributed by atoms with Crippen LogP contribution in [0.15, 0.2) is 48.0 Å². The summed E-state index contributed by atoms with van der Waals surface area (Å²) in [7, 11) is 0. The lowest BCUT2D eigenvalue weighted by atomic mass is 10.1. The Labute approximate surface area is 123 Å². The maximum atomic E-state index is 5.78. The van der Waals surface area contributed by atoms with Crippen molar-refractivity contribution < 1.29 is 4.74 Å². The second-order valence-electron chi connectivity index (χ2n) is 5.23. The van der Waals surface area contributed by atoms with E-state index in [1.54, 1.807) is 11.3 Å². The van der Waals surface area contributed by atoms with Crippen LogP contribution in [0.2, 0.25) is 0 Å². The van der Waals surface area contributed by atoms with Gasteiger partial charge >= 0.3 is 0 Å². The number of hydrogen-bond donors (Lipinski definition) is 0. The zero-order valence-electron chi connectivity index (χ0n) is 11.7. The van der Waals surface area contributed by atoms with Gasteiger partial charge in [0.1, 0.15) is 5.75 Å². The van der Waals surface area contributed by atoms with Crippen LogP contribution in [0.5, 0.6) is 5.75 Å². The maximum Gasteiger partial charge on any atom is 0.120 e. The van der Waals surface area contributed by atoms with Gasteiger partial charge in [0.05, 0.1) is 12.3 Å². The van der Waals surface area contributed by atoms with Crippen LogP contribution in [0.25, 0.3) is 21.3 Å². The van der Waals surface area contributed by atoms with Gasteiger partial charge in [-0.1, -0.05) is 19.9 Å². The number of ether oxygens (including phenoxy) is 1. The van der Waals surface area contributed by atoms with Gasteiger partial charge in [0, 0.05) is 27.2 Å². The van der Waals surface area contributed by atoms with Crippen molar-refractivity contribution in [3.8, 4) is 17.0 Å². The highest BCUT2D eigenvalue weighted by molar-refractivity contribution is 7.17. The van der Waals surface area contributed by atoms with Crippen LogP contribution in [0.4, 0.5) is 0 Å². The molecule has 3 heteroatoms. The van der Waals surface area contributed by atoms with Crippen LogP contribution in [-0.4, -0.2) is 11.6 Å². The van der Waals surface area contributed by atoms with E-state index in [1.807, 2.05) is 30.5 Å². The largest absolute Gasteiger partial charge is 0.493 e. The van der Waals surface area contributed by atoms with Crippen molar-refractivity contribution in [1.82, 2.24) is 4.98 Å². The predicted molar refractivity (Wildman–Crippen MR) is 85.4 cm³/mol. The third-order valence-corrected chi connectivity index (χ3v) is 4.02. The zero-order valence-corrected chi connectivity index (χ0v) is 12.5. The van der Waals surface area contributed by atoms with E-state index < -0.39 is 0 Å². The topological polar surface area (TPSA) is 22.1 Å². The smallest absolute Gasteiger partial charge is 0.120 e. The number of nitrogens with zero attached hydrogens (tertiary/aromatic N) is 1. The summed E-state index contributed by atoms with van der Waals surface area (Å²) in [5.41, 5.74) is 2.22. The minimum absolute atomic E-state index is 0.540. The molecule has 0 spiro atoms. The first-order valence-corrected chi connectivity index (χ1v) is 7.67. The van der Waals surface area contributed by atoms with Gasteiger partial charge in [0.15, 0.2) is 0 Å². The highest BCUT2D eigenvalue weighted by Gasteiger charge is 2.08. The molecule has 0 N–H and O–H groups in total. The summed E-state index contributed by atoms with van der Waals surface area (Å²) in [4.78, 5) is 4.43. The van der Waals surface area contributed by atoms with Gasteiger partial charge in [-0.05, 0) is 36.2 Å². The highest BCUT2D eigenvalue weighted by atomic mass is 32.1. The van der Waals surface area contributed by atoms with Crippen LogP contribution in [0, 0.1) is 5.92 Å². The molecule has 0 fully saturated rings. The summed E-state index contributed by atoms with van der Waals surface area (Å²) in [5, 5.41) is 3.41. The SMILES string of the molecule is CC(C)COc1ccc2c(-c3ccccn3)csc2c1. The number of pyridine rings is 1. The average molecular weight is 283 g/mol. The lowest BCUT2D eigenvalue weighted by Gasteiger charge is -2.08. The van der Waals surface area contributed by atoms with Crippen LogP contribution < -0.4 is 4.74 Å². The minimum atomic E-state index is 0.540. The third kappa shape index (κ3) is 2.68. The predicted octanol–water partition coefficient (Wildman–Crippen LogP) is 5.00. The fourth-order valence-electron chi connectivity index (χ4n) is 2.08. The normalized spacial score (nSPS) is 11.2. The Morgan fingerprint density at radius 2 is 2.10 bits per heavy atom. The molecular weight excluding hydrogens is 266 g/mol. The van der Waals surface area contributed by atoms with Crippen molar-refractivity contribution in [2.45, 2.75) is 13.8 Å². The minimum Gasteiger partial charge on any atom is -0.493 e. The van der Waals surface area contributed by atoms with E-state index in [0.717, 1.165) is 18.1 Å². The van der Waals surface area contributed by atoms with Gasteiger partial charge in [0.25, 0.3) is 0 Å². The summed E-state index contributed by atoms with van der Waals surface area (Å²) in [5.74, 6) is 1.48. The van der Waals surface area contributed by atoms with E-state index in [0.29, 0.717) is 5.92 Å². The Morgan fingerprint density at radius 3 is 2.85 bits per heavy atom. The molecule has 0 aliphatic rings. The van der Waals surface area contributed by atoms with Crippen LogP contribution >= 0.6 is 11.3 Å². The standard InChI is InChI=1S/C17H17NOS/c1-12(2)10-19-13-6-7-14-15(11-20-17(14)9-13)16-5-3-4-8-18-16/h3-9,11-12H,10H2,1-2H3. The van der Waals surface area contributed by atoms with E-state index in [9.17, 15) is 0 Å². The number of rotatable bonds is 4. The van der Waals surface area contributed by atoms with Crippen molar-refractivity contribution in [1.29, 1.82) is 0 Å². The first kappa shape index (κ1) is 13.1. The number of benzene rings is 1. The van der Waals surface area contributed by atoms with E-state index in [4.69, 9.17) is 4.74 Å². The molecule has 0 saturated carbocycles. The van der Waals surface area contributed by atoms with Crippen LogP contribution in [0.1, 0.15) is 13.8 Å². The number of thiophene rings is 1. The molecule has 0 aliphatic carbocycles. The summed E-state index contributed by atoms with van der Waals surface area (Å²) >= 11 is 1.74. The van der Waals surface area contributed by atoms with Gasteiger partial charge in [-0.3, -0.25) is 4.98 Å². The van der Waals surface area contributed by atoms with E-state index in [-0.39, 0.29) is 0 Å². The van der Waals surface area contributed by atoms with Gasteiger partial charge in [-0.2, -0.15) is 0 Å². The first-order chi connectivity index (χ1) is 9.74. The molecule has 3 rings (SSSR count). The lowest BCUT2D eigenvalue weighted by Crippen LogP contribution is -2.04. The monoisotopic (exact) mass is 283 g/mol. The molecule has 3 aromatic rings. The summed E-state index contributed by atoms with van der Waals surface area (Å²) in [6.45, 7) is 5.07. The molecule has 0 aliphatic heterocycles. The Morgan fingerprint density at radius 1 is 1.20 bits per heavy atom. The molecule has 0 atom stereocenters.